The van der Waals surface area contributed by atoms with E-state index in [0.717, 1.165) is 25.6 Å². The highest BCUT2D eigenvalue weighted by Crippen LogP contribution is 2.36. The molecule has 0 saturated carbocycles. The monoisotopic (exact) mass is 171 g/mol. The number of hydrogen-bond acceptors (Lipinski definition) is 2. The zero-order valence-corrected chi connectivity index (χ0v) is 8.52. The lowest BCUT2D eigenvalue weighted by molar-refractivity contribution is 0.0179. The summed E-state index contributed by atoms with van der Waals surface area (Å²) in [6.07, 6.45) is 2.52. The Morgan fingerprint density at radius 2 is 1.92 bits per heavy atom. The summed E-state index contributed by atoms with van der Waals surface area (Å²) in [5, 5.41) is 3.40. The van der Waals surface area contributed by atoms with Gasteiger partial charge in [0.1, 0.15) is 0 Å². The van der Waals surface area contributed by atoms with Crippen LogP contribution in [-0.2, 0) is 4.74 Å². The van der Waals surface area contributed by atoms with Crippen LogP contribution in [0.2, 0.25) is 0 Å². The van der Waals surface area contributed by atoms with E-state index in [1.54, 1.807) is 0 Å². The molecule has 2 nitrogen and oxygen atoms in total. The molecule has 12 heavy (non-hydrogen) atoms. The lowest BCUT2D eigenvalue weighted by Crippen LogP contribution is -2.42. The van der Waals surface area contributed by atoms with E-state index in [1.807, 2.05) is 7.11 Å². The Hall–Kier alpha value is -0.0800. The summed E-state index contributed by atoms with van der Waals surface area (Å²) >= 11 is 0. The van der Waals surface area contributed by atoms with Crippen LogP contribution in [0.25, 0.3) is 0 Å². The van der Waals surface area contributed by atoms with Gasteiger partial charge in [0.15, 0.2) is 0 Å². The van der Waals surface area contributed by atoms with Crippen LogP contribution in [0.3, 0.4) is 0 Å². The fourth-order valence-electron chi connectivity index (χ4n) is 2.10. The van der Waals surface area contributed by atoms with Crippen molar-refractivity contribution >= 4 is 0 Å². The van der Waals surface area contributed by atoms with Crippen LogP contribution >= 0.6 is 0 Å². The molecule has 0 spiro atoms. The van der Waals surface area contributed by atoms with Crippen molar-refractivity contribution in [2.75, 3.05) is 26.8 Å². The molecule has 0 aromatic heterocycles. The zero-order valence-electron chi connectivity index (χ0n) is 8.52. The Balaban J connectivity index is 2.56. The molecule has 1 saturated heterocycles. The first-order valence-corrected chi connectivity index (χ1v) is 4.91. The van der Waals surface area contributed by atoms with E-state index >= 15 is 0 Å². The van der Waals surface area contributed by atoms with E-state index in [-0.39, 0.29) is 0 Å². The van der Waals surface area contributed by atoms with Crippen LogP contribution in [0.4, 0.5) is 0 Å². The predicted octanol–water partition coefficient (Wildman–Crippen LogP) is 1.66. The topological polar surface area (TPSA) is 21.3 Å². The van der Waals surface area contributed by atoms with E-state index in [4.69, 9.17) is 4.74 Å². The smallest absolute Gasteiger partial charge is 0.0522 e. The van der Waals surface area contributed by atoms with Gasteiger partial charge in [0, 0.05) is 7.11 Å². The maximum atomic E-state index is 5.32. The van der Waals surface area contributed by atoms with E-state index in [1.165, 1.54) is 12.8 Å². The summed E-state index contributed by atoms with van der Waals surface area (Å²) in [4.78, 5) is 0. The van der Waals surface area contributed by atoms with Crippen molar-refractivity contribution in [2.24, 2.45) is 11.3 Å². The first-order valence-electron chi connectivity index (χ1n) is 4.91. The summed E-state index contributed by atoms with van der Waals surface area (Å²) in [7, 11) is 1.81. The molecule has 1 heterocycles. The third-order valence-corrected chi connectivity index (χ3v) is 3.26. The van der Waals surface area contributed by atoms with Crippen molar-refractivity contribution in [3.8, 4) is 0 Å². The molecule has 1 N–H and O–H groups in total. The van der Waals surface area contributed by atoms with Crippen molar-refractivity contribution in [2.45, 2.75) is 26.7 Å². The molecule has 2 heteroatoms. The minimum absolute atomic E-state index is 0.444. The van der Waals surface area contributed by atoms with E-state index in [9.17, 15) is 0 Å². The third-order valence-electron chi connectivity index (χ3n) is 3.26. The summed E-state index contributed by atoms with van der Waals surface area (Å²) < 4.78 is 5.32. The van der Waals surface area contributed by atoms with Crippen LogP contribution in [-0.4, -0.2) is 26.8 Å². The van der Waals surface area contributed by atoms with Gasteiger partial charge in [-0.2, -0.15) is 0 Å². The SMILES string of the molecule is COCC1(C(C)C)CCNCC1. The van der Waals surface area contributed by atoms with Gasteiger partial charge >= 0.3 is 0 Å². The molecule has 1 aliphatic rings. The second kappa shape index (κ2) is 4.24. The molecule has 0 unspecified atom stereocenters. The maximum Gasteiger partial charge on any atom is 0.0522 e. The van der Waals surface area contributed by atoms with E-state index in [2.05, 4.69) is 19.2 Å². The number of rotatable bonds is 3. The average molecular weight is 171 g/mol. The highest BCUT2D eigenvalue weighted by molar-refractivity contribution is 4.86. The predicted molar refractivity (Wildman–Crippen MR) is 51.3 cm³/mol. The number of hydrogen-bond donors (Lipinski definition) is 1. The van der Waals surface area contributed by atoms with Gasteiger partial charge in [0.2, 0.25) is 0 Å². The Morgan fingerprint density at radius 1 is 1.33 bits per heavy atom. The standard InChI is InChI=1S/C10H21NO/c1-9(2)10(8-12-3)4-6-11-7-5-10/h9,11H,4-8H2,1-3H3. The van der Waals surface area contributed by atoms with Crippen molar-refractivity contribution in [1.29, 1.82) is 0 Å². The molecule has 0 aliphatic carbocycles. The van der Waals surface area contributed by atoms with Crippen LogP contribution in [0.1, 0.15) is 26.7 Å². The Bertz CT molecular complexity index is 122. The number of ether oxygens (including phenoxy) is 1. The largest absolute Gasteiger partial charge is 0.384 e. The average Bonchev–Trinajstić information content (AvgIpc) is 2.06. The van der Waals surface area contributed by atoms with E-state index in [0.29, 0.717) is 5.41 Å². The van der Waals surface area contributed by atoms with Crippen molar-refractivity contribution < 1.29 is 4.74 Å². The molecule has 0 aromatic rings. The van der Waals surface area contributed by atoms with Gasteiger partial charge in [0.05, 0.1) is 6.61 Å². The van der Waals surface area contributed by atoms with Gasteiger partial charge in [-0.05, 0) is 37.3 Å². The van der Waals surface area contributed by atoms with Crippen LogP contribution < -0.4 is 5.32 Å². The summed E-state index contributed by atoms with van der Waals surface area (Å²) in [5.41, 5.74) is 0.444. The van der Waals surface area contributed by atoms with Crippen molar-refractivity contribution in [3.63, 3.8) is 0 Å². The minimum atomic E-state index is 0.444. The zero-order chi connectivity index (χ0) is 9.03. The lowest BCUT2D eigenvalue weighted by Gasteiger charge is -2.40. The molecule has 0 aromatic carbocycles. The number of piperidine rings is 1. The molecule has 0 amide bonds. The van der Waals surface area contributed by atoms with Crippen LogP contribution in [0, 0.1) is 11.3 Å². The molecule has 0 bridgehead atoms. The van der Waals surface area contributed by atoms with Gasteiger partial charge in [0.25, 0.3) is 0 Å². The molecule has 72 valence electrons. The number of methoxy groups -OCH3 is 1. The molecule has 0 atom stereocenters. The molecular formula is C10H21NO. The van der Waals surface area contributed by atoms with Crippen molar-refractivity contribution in [3.05, 3.63) is 0 Å². The maximum absolute atomic E-state index is 5.32. The highest BCUT2D eigenvalue weighted by atomic mass is 16.5. The summed E-state index contributed by atoms with van der Waals surface area (Å²) in [6.45, 7) is 7.85. The van der Waals surface area contributed by atoms with Gasteiger partial charge in [-0.15, -0.1) is 0 Å². The molecule has 1 fully saturated rings. The van der Waals surface area contributed by atoms with E-state index < -0.39 is 0 Å². The minimum Gasteiger partial charge on any atom is -0.384 e. The second-order valence-corrected chi connectivity index (χ2v) is 4.20. The van der Waals surface area contributed by atoms with Crippen molar-refractivity contribution in [1.82, 2.24) is 5.32 Å². The number of nitrogens with one attached hydrogen (secondary N) is 1. The Morgan fingerprint density at radius 3 is 2.33 bits per heavy atom. The first kappa shape index (κ1) is 10.0. The first-order chi connectivity index (χ1) is 5.71. The van der Waals surface area contributed by atoms with Gasteiger partial charge in [-0.1, -0.05) is 13.8 Å². The molecule has 1 aliphatic heterocycles. The molecule has 0 radical (unpaired) electrons. The van der Waals surface area contributed by atoms with Crippen LogP contribution in [0.5, 0.6) is 0 Å². The fraction of sp³-hybridized carbons (Fsp3) is 1.00. The highest BCUT2D eigenvalue weighted by Gasteiger charge is 2.34. The third kappa shape index (κ3) is 1.99. The van der Waals surface area contributed by atoms with Gasteiger partial charge < -0.3 is 10.1 Å². The quantitative estimate of drug-likeness (QED) is 0.697. The second-order valence-electron chi connectivity index (χ2n) is 4.20. The Kier molecular flexibility index (Phi) is 3.53. The van der Waals surface area contributed by atoms with Gasteiger partial charge in [-0.25, -0.2) is 0 Å². The summed E-state index contributed by atoms with van der Waals surface area (Å²) in [5.74, 6) is 0.736. The summed E-state index contributed by atoms with van der Waals surface area (Å²) in [6, 6.07) is 0. The van der Waals surface area contributed by atoms with Crippen LogP contribution in [0.15, 0.2) is 0 Å². The Labute approximate surface area is 75.7 Å². The fourth-order valence-corrected chi connectivity index (χ4v) is 2.10. The molecule has 1 rings (SSSR count). The molecular weight excluding hydrogens is 150 g/mol. The lowest BCUT2D eigenvalue weighted by atomic mass is 9.71. The normalized spacial score (nSPS) is 23.0. The van der Waals surface area contributed by atoms with Gasteiger partial charge in [-0.3, -0.25) is 0 Å².